The molecule has 0 fully saturated rings. The van der Waals surface area contributed by atoms with E-state index in [1.54, 1.807) is 30.9 Å². The molecular formula is C34H48N4O7S. The average molecular weight is 657 g/mol. The number of nitrogens with one attached hydrogen (secondary N) is 1. The van der Waals surface area contributed by atoms with Crippen molar-refractivity contribution >= 4 is 21.6 Å². The van der Waals surface area contributed by atoms with Crippen LogP contribution in [0.1, 0.15) is 67.4 Å². The van der Waals surface area contributed by atoms with Crippen LogP contribution in [-0.2, 0) is 21.3 Å². The van der Waals surface area contributed by atoms with Gasteiger partial charge in [-0.1, -0.05) is 42.4 Å². The minimum Gasteiger partial charge on any atom is -0.490 e. The van der Waals surface area contributed by atoms with Crippen molar-refractivity contribution in [3.05, 3.63) is 71.1 Å². The Bertz CT molecular complexity index is 1530. The third-order valence-corrected chi connectivity index (χ3v) is 9.95. The van der Waals surface area contributed by atoms with Crippen molar-refractivity contribution in [2.24, 2.45) is 5.92 Å². The number of rotatable bonds is 9. The number of hydrogen-bond donors (Lipinski definition) is 2. The van der Waals surface area contributed by atoms with Crippen molar-refractivity contribution < 1.29 is 32.3 Å². The SMILES string of the molecule is Cc1noc(C)c1S(=O)(=O)Nc1ccc2c(c1)C(=O)N([C@@H](C)CO)C[C@@H](C)[C@@H](CN(C)Cc1ccccc1)OCCCC[C@@H](C)O2. The second kappa shape index (κ2) is 15.9. The summed E-state index contributed by atoms with van der Waals surface area (Å²) in [6.07, 6.45) is 2.13. The minimum atomic E-state index is -4.05. The maximum Gasteiger partial charge on any atom is 0.267 e. The van der Waals surface area contributed by atoms with Gasteiger partial charge in [0.15, 0.2) is 10.7 Å². The highest BCUT2D eigenvalue weighted by molar-refractivity contribution is 7.92. The number of fused-ring (bicyclic) bond motifs is 1. The fourth-order valence-corrected chi connectivity index (χ4v) is 7.16. The molecule has 0 unspecified atom stereocenters. The Morgan fingerprint density at radius 3 is 2.54 bits per heavy atom. The molecule has 11 nitrogen and oxygen atoms in total. The number of carbonyl (C=O) groups is 1. The number of aromatic nitrogens is 1. The van der Waals surface area contributed by atoms with Crippen molar-refractivity contribution in [3.63, 3.8) is 0 Å². The summed E-state index contributed by atoms with van der Waals surface area (Å²) in [6, 6.07) is 14.4. The van der Waals surface area contributed by atoms with Crippen molar-refractivity contribution in [2.75, 3.05) is 38.1 Å². The quantitative estimate of drug-likeness (QED) is 0.326. The summed E-state index contributed by atoms with van der Waals surface area (Å²) in [5, 5.41) is 14.0. The number of carbonyl (C=O) groups excluding carboxylic acids is 1. The summed E-state index contributed by atoms with van der Waals surface area (Å²) in [4.78, 5) is 18.2. The van der Waals surface area contributed by atoms with Crippen molar-refractivity contribution in [3.8, 4) is 5.75 Å². The summed E-state index contributed by atoms with van der Waals surface area (Å²) in [6.45, 7) is 11.0. The van der Waals surface area contributed by atoms with Gasteiger partial charge in [0.05, 0.1) is 30.4 Å². The minimum absolute atomic E-state index is 0.0450. The maximum atomic E-state index is 14.4. The van der Waals surface area contributed by atoms with E-state index in [2.05, 4.69) is 40.9 Å². The fraction of sp³-hybridized carbons (Fsp3) is 0.529. The number of likely N-dealkylation sites (N-methyl/N-ethyl adjacent to an activating group) is 1. The lowest BCUT2D eigenvalue weighted by Crippen LogP contribution is -2.47. The van der Waals surface area contributed by atoms with Gasteiger partial charge in [-0.3, -0.25) is 14.4 Å². The van der Waals surface area contributed by atoms with Crippen LogP contribution >= 0.6 is 0 Å². The molecule has 2 heterocycles. The van der Waals surface area contributed by atoms with E-state index in [0.29, 0.717) is 25.4 Å². The molecule has 1 amide bonds. The predicted molar refractivity (Wildman–Crippen MR) is 176 cm³/mol. The molecule has 0 aliphatic carbocycles. The number of anilines is 1. The molecule has 0 bridgehead atoms. The monoisotopic (exact) mass is 656 g/mol. The molecule has 4 rings (SSSR count). The number of amides is 1. The van der Waals surface area contributed by atoms with Gasteiger partial charge in [0.2, 0.25) is 0 Å². The Balaban J connectivity index is 1.66. The molecular weight excluding hydrogens is 608 g/mol. The summed E-state index contributed by atoms with van der Waals surface area (Å²) < 4.78 is 47.0. The molecule has 46 heavy (non-hydrogen) atoms. The maximum absolute atomic E-state index is 14.4. The Hall–Kier alpha value is -3.45. The molecule has 2 aromatic carbocycles. The molecule has 0 spiro atoms. The van der Waals surface area contributed by atoms with Gasteiger partial charge in [0.1, 0.15) is 11.4 Å². The first kappa shape index (κ1) is 35.4. The number of aliphatic hydroxyl groups is 1. The van der Waals surface area contributed by atoms with E-state index in [-0.39, 0.29) is 58.2 Å². The van der Waals surface area contributed by atoms with Crippen LogP contribution in [0.25, 0.3) is 0 Å². The van der Waals surface area contributed by atoms with Crippen molar-refractivity contribution in [1.29, 1.82) is 0 Å². The van der Waals surface area contributed by atoms with Crippen LogP contribution < -0.4 is 9.46 Å². The highest BCUT2D eigenvalue weighted by atomic mass is 32.2. The zero-order valence-electron chi connectivity index (χ0n) is 27.7. The Kier molecular flexibility index (Phi) is 12.2. The molecule has 0 radical (unpaired) electrons. The number of aryl methyl sites for hydroxylation is 2. The van der Waals surface area contributed by atoms with Gasteiger partial charge < -0.3 is 24.0 Å². The summed E-state index contributed by atoms with van der Waals surface area (Å²) in [5.41, 5.74) is 1.84. The number of ether oxygens (including phenoxy) is 2. The highest BCUT2D eigenvalue weighted by Crippen LogP contribution is 2.30. The molecule has 1 aliphatic rings. The van der Waals surface area contributed by atoms with Gasteiger partial charge in [-0.15, -0.1) is 0 Å². The van der Waals surface area contributed by atoms with E-state index in [4.69, 9.17) is 14.0 Å². The zero-order chi connectivity index (χ0) is 33.4. The van der Waals surface area contributed by atoms with E-state index >= 15 is 0 Å². The predicted octanol–water partition coefficient (Wildman–Crippen LogP) is 5.02. The van der Waals surface area contributed by atoms with E-state index in [1.165, 1.54) is 18.6 Å². The molecule has 0 saturated carbocycles. The molecule has 1 aromatic heterocycles. The van der Waals surface area contributed by atoms with Crippen molar-refractivity contribution in [1.82, 2.24) is 15.0 Å². The second-order valence-electron chi connectivity index (χ2n) is 12.5. The van der Waals surface area contributed by atoms with Crippen LogP contribution in [0.15, 0.2) is 57.9 Å². The first-order chi connectivity index (χ1) is 21.9. The average Bonchev–Trinajstić information content (AvgIpc) is 3.37. The van der Waals surface area contributed by atoms with E-state index in [1.807, 2.05) is 25.1 Å². The number of hydrogen-bond acceptors (Lipinski definition) is 9. The molecule has 2 N–H and O–H groups in total. The topological polar surface area (TPSA) is 134 Å². The highest BCUT2D eigenvalue weighted by Gasteiger charge is 2.31. The molecule has 12 heteroatoms. The molecule has 0 saturated heterocycles. The van der Waals surface area contributed by atoms with Crippen LogP contribution in [0.3, 0.4) is 0 Å². The lowest BCUT2D eigenvalue weighted by atomic mass is 10.0. The van der Waals surface area contributed by atoms with Gasteiger partial charge in [0, 0.05) is 37.8 Å². The fourth-order valence-electron chi connectivity index (χ4n) is 5.78. The number of benzene rings is 2. The lowest BCUT2D eigenvalue weighted by Gasteiger charge is -2.36. The standard InChI is InChI=1S/C34H48N4O7S/c1-23-19-38(24(2)22-39)34(40)30-18-29(36-46(41,42)33-26(4)35-45-27(33)5)15-16-31(30)44-25(3)12-10-11-17-43-32(23)21-37(6)20-28-13-8-7-9-14-28/h7-9,13-16,18,23-25,32,36,39H,10-12,17,19-22H2,1-6H3/t23-,24+,25-,32-/m1/s1. The Labute approximate surface area is 272 Å². The Morgan fingerprint density at radius 1 is 1.13 bits per heavy atom. The first-order valence-corrected chi connectivity index (χ1v) is 17.4. The van der Waals surface area contributed by atoms with Crippen LogP contribution in [-0.4, -0.2) is 86.0 Å². The molecule has 3 aromatic rings. The van der Waals surface area contributed by atoms with Gasteiger partial charge >= 0.3 is 0 Å². The normalized spacial score (nSPS) is 20.9. The third-order valence-electron chi connectivity index (χ3n) is 8.33. The largest absolute Gasteiger partial charge is 0.490 e. The van der Waals surface area contributed by atoms with E-state index in [0.717, 1.165) is 25.8 Å². The van der Waals surface area contributed by atoms with Crippen LogP contribution in [0.2, 0.25) is 0 Å². The Morgan fingerprint density at radius 2 is 1.87 bits per heavy atom. The lowest BCUT2D eigenvalue weighted by molar-refractivity contribution is -0.0177. The third kappa shape index (κ3) is 9.09. The van der Waals surface area contributed by atoms with Gasteiger partial charge in [-0.25, -0.2) is 8.42 Å². The van der Waals surface area contributed by atoms with Gasteiger partial charge in [-0.05, 0) is 77.8 Å². The van der Waals surface area contributed by atoms with Crippen LogP contribution in [0.4, 0.5) is 5.69 Å². The smallest absolute Gasteiger partial charge is 0.267 e. The molecule has 1 aliphatic heterocycles. The van der Waals surface area contributed by atoms with Crippen LogP contribution in [0, 0.1) is 19.8 Å². The zero-order valence-corrected chi connectivity index (χ0v) is 28.5. The number of nitrogens with zero attached hydrogens (tertiary/aromatic N) is 3. The number of sulfonamides is 1. The summed E-state index contributed by atoms with van der Waals surface area (Å²) in [7, 11) is -1.99. The van der Waals surface area contributed by atoms with E-state index < -0.39 is 16.1 Å². The van der Waals surface area contributed by atoms with Gasteiger partial charge in [0.25, 0.3) is 15.9 Å². The van der Waals surface area contributed by atoms with Gasteiger partial charge in [-0.2, -0.15) is 0 Å². The summed E-state index contributed by atoms with van der Waals surface area (Å²) in [5.74, 6) is 0.0683. The number of aliphatic hydroxyl groups excluding tert-OH is 1. The van der Waals surface area contributed by atoms with E-state index in [9.17, 15) is 18.3 Å². The first-order valence-electron chi connectivity index (χ1n) is 15.9. The van der Waals surface area contributed by atoms with Crippen LogP contribution in [0.5, 0.6) is 5.75 Å². The van der Waals surface area contributed by atoms with Crippen molar-refractivity contribution in [2.45, 2.75) is 83.6 Å². The summed E-state index contributed by atoms with van der Waals surface area (Å²) >= 11 is 0. The molecule has 4 atom stereocenters. The molecule has 252 valence electrons. The second-order valence-corrected chi connectivity index (χ2v) is 14.1.